The molecule has 1 aliphatic rings. The van der Waals surface area contributed by atoms with Crippen LogP contribution >= 0.6 is 0 Å². The third-order valence-electron chi connectivity index (χ3n) is 4.14. The van der Waals surface area contributed by atoms with Gasteiger partial charge < -0.3 is 5.11 Å². The lowest BCUT2D eigenvalue weighted by Crippen LogP contribution is -2.23. The highest BCUT2D eigenvalue weighted by Crippen LogP contribution is 2.26. The third kappa shape index (κ3) is 2.39. The van der Waals surface area contributed by atoms with Crippen molar-refractivity contribution in [3.05, 3.63) is 42.1 Å². The minimum Gasteiger partial charge on any atom is -0.481 e. The molecule has 0 spiro atoms. The van der Waals surface area contributed by atoms with E-state index in [0.717, 1.165) is 24.0 Å². The van der Waals surface area contributed by atoms with Gasteiger partial charge in [-0.3, -0.25) is 14.7 Å². The minimum atomic E-state index is -0.681. The van der Waals surface area contributed by atoms with Crippen LogP contribution in [-0.4, -0.2) is 34.0 Å². The van der Waals surface area contributed by atoms with Crippen molar-refractivity contribution in [1.82, 2.24) is 9.88 Å². The Morgan fingerprint density at radius 1 is 1.35 bits per heavy atom. The number of carbonyl (C=O) groups is 1. The molecule has 1 aliphatic heterocycles. The number of fused-ring (bicyclic) bond motifs is 1. The Morgan fingerprint density at radius 2 is 2.15 bits per heavy atom. The molecule has 0 saturated carbocycles. The molecule has 0 amide bonds. The Bertz CT molecular complexity index is 636. The normalized spacial score (nSPS) is 23.2. The van der Waals surface area contributed by atoms with Crippen molar-refractivity contribution >= 4 is 16.9 Å². The predicted octanol–water partition coefficient (Wildman–Crippen LogP) is 2.39. The second kappa shape index (κ2) is 5.21. The smallest absolute Gasteiger partial charge is 0.308 e. The van der Waals surface area contributed by atoms with Crippen LogP contribution in [0.25, 0.3) is 10.9 Å². The number of likely N-dealkylation sites (tertiary alicyclic amines) is 1. The van der Waals surface area contributed by atoms with E-state index in [0.29, 0.717) is 6.54 Å². The molecular weight excluding hydrogens is 252 g/mol. The summed E-state index contributed by atoms with van der Waals surface area (Å²) < 4.78 is 0. The maximum Gasteiger partial charge on any atom is 0.308 e. The van der Waals surface area contributed by atoms with Gasteiger partial charge >= 0.3 is 5.97 Å². The van der Waals surface area contributed by atoms with Crippen LogP contribution in [0.4, 0.5) is 0 Å². The van der Waals surface area contributed by atoms with Crippen molar-refractivity contribution in [2.24, 2.45) is 11.8 Å². The molecule has 20 heavy (non-hydrogen) atoms. The van der Waals surface area contributed by atoms with Crippen LogP contribution in [0.15, 0.2) is 36.5 Å². The van der Waals surface area contributed by atoms with Gasteiger partial charge in [0.15, 0.2) is 0 Å². The SMILES string of the molecule is C[C@@H]1CN(Cc2ccnc3ccccc23)C[C@H]1C(=O)O. The first-order valence-corrected chi connectivity index (χ1v) is 6.93. The summed E-state index contributed by atoms with van der Waals surface area (Å²) in [6.07, 6.45) is 1.83. The summed E-state index contributed by atoms with van der Waals surface area (Å²) in [6, 6.07) is 10.1. The Morgan fingerprint density at radius 3 is 2.90 bits per heavy atom. The molecule has 1 N–H and O–H groups in total. The van der Waals surface area contributed by atoms with Crippen molar-refractivity contribution in [1.29, 1.82) is 0 Å². The summed E-state index contributed by atoms with van der Waals surface area (Å²) in [4.78, 5) is 17.8. The Labute approximate surface area is 118 Å². The topological polar surface area (TPSA) is 53.4 Å². The molecular formula is C16H18N2O2. The van der Waals surface area contributed by atoms with Crippen LogP contribution in [0, 0.1) is 11.8 Å². The number of rotatable bonds is 3. The van der Waals surface area contributed by atoms with Crippen molar-refractivity contribution < 1.29 is 9.90 Å². The summed E-state index contributed by atoms with van der Waals surface area (Å²) in [7, 11) is 0. The highest BCUT2D eigenvalue weighted by Gasteiger charge is 2.34. The van der Waals surface area contributed by atoms with Gasteiger partial charge in [-0.15, -0.1) is 0 Å². The van der Waals surface area contributed by atoms with Gasteiger partial charge in [-0.1, -0.05) is 25.1 Å². The maximum absolute atomic E-state index is 11.2. The predicted molar refractivity (Wildman–Crippen MR) is 77.3 cm³/mol. The number of hydrogen-bond donors (Lipinski definition) is 1. The average molecular weight is 270 g/mol. The molecule has 2 heterocycles. The second-order valence-electron chi connectivity index (χ2n) is 5.60. The van der Waals surface area contributed by atoms with Crippen molar-refractivity contribution in [3.8, 4) is 0 Å². The molecule has 0 unspecified atom stereocenters. The number of aromatic nitrogens is 1. The Balaban J connectivity index is 1.82. The van der Waals surface area contributed by atoms with Crippen molar-refractivity contribution in [2.75, 3.05) is 13.1 Å². The molecule has 1 fully saturated rings. The van der Waals surface area contributed by atoms with Gasteiger partial charge in [-0.25, -0.2) is 0 Å². The molecule has 4 heteroatoms. The number of hydrogen-bond acceptors (Lipinski definition) is 3. The van der Waals surface area contributed by atoms with Gasteiger partial charge in [0, 0.05) is 31.2 Å². The summed E-state index contributed by atoms with van der Waals surface area (Å²) >= 11 is 0. The Hall–Kier alpha value is -1.94. The van der Waals surface area contributed by atoms with Crippen LogP contribution in [0.5, 0.6) is 0 Å². The molecule has 0 aliphatic carbocycles. The number of para-hydroxylation sites is 1. The lowest BCUT2D eigenvalue weighted by Gasteiger charge is -2.16. The molecule has 4 nitrogen and oxygen atoms in total. The van der Waals surface area contributed by atoms with Crippen molar-refractivity contribution in [2.45, 2.75) is 13.5 Å². The highest BCUT2D eigenvalue weighted by atomic mass is 16.4. The molecule has 3 rings (SSSR count). The van der Waals surface area contributed by atoms with E-state index in [4.69, 9.17) is 0 Å². The molecule has 1 saturated heterocycles. The molecule has 2 aromatic rings. The van der Waals surface area contributed by atoms with Crippen LogP contribution in [0.3, 0.4) is 0 Å². The van der Waals surface area contributed by atoms with E-state index < -0.39 is 5.97 Å². The van der Waals surface area contributed by atoms with Gasteiger partial charge in [0.05, 0.1) is 11.4 Å². The van der Waals surface area contributed by atoms with E-state index >= 15 is 0 Å². The maximum atomic E-state index is 11.2. The van der Waals surface area contributed by atoms with E-state index in [-0.39, 0.29) is 11.8 Å². The van der Waals surface area contributed by atoms with E-state index in [2.05, 4.69) is 16.0 Å². The molecule has 1 aromatic heterocycles. The van der Waals surface area contributed by atoms with Gasteiger partial charge in [0.25, 0.3) is 0 Å². The van der Waals surface area contributed by atoms with E-state index in [9.17, 15) is 9.90 Å². The number of aliphatic carboxylic acids is 1. The molecule has 0 bridgehead atoms. The quantitative estimate of drug-likeness (QED) is 0.930. The lowest BCUT2D eigenvalue weighted by atomic mass is 9.99. The third-order valence-corrected chi connectivity index (χ3v) is 4.14. The highest BCUT2D eigenvalue weighted by molar-refractivity contribution is 5.81. The Kier molecular flexibility index (Phi) is 3.40. The van der Waals surface area contributed by atoms with Crippen LogP contribution < -0.4 is 0 Å². The molecule has 104 valence electrons. The molecule has 0 radical (unpaired) electrons. The fraction of sp³-hybridized carbons (Fsp3) is 0.375. The van der Waals surface area contributed by atoms with E-state index in [1.807, 2.05) is 37.4 Å². The van der Waals surface area contributed by atoms with Gasteiger partial charge in [0.2, 0.25) is 0 Å². The summed E-state index contributed by atoms with van der Waals surface area (Å²) in [6.45, 7) is 4.28. The molecule has 2 atom stereocenters. The minimum absolute atomic E-state index is 0.209. The van der Waals surface area contributed by atoms with Crippen molar-refractivity contribution in [3.63, 3.8) is 0 Å². The zero-order chi connectivity index (χ0) is 14.1. The monoisotopic (exact) mass is 270 g/mol. The van der Waals surface area contributed by atoms with E-state index in [1.54, 1.807) is 0 Å². The fourth-order valence-corrected chi connectivity index (χ4v) is 3.05. The largest absolute Gasteiger partial charge is 0.481 e. The average Bonchev–Trinajstić information content (AvgIpc) is 2.80. The van der Waals surface area contributed by atoms with Crippen LogP contribution in [0.1, 0.15) is 12.5 Å². The standard InChI is InChI=1S/C16H18N2O2/c1-11-8-18(10-14(11)16(19)20)9-12-6-7-17-15-5-3-2-4-13(12)15/h2-7,11,14H,8-10H2,1H3,(H,19,20)/t11-,14-/m1/s1. The van der Waals surface area contributed by atoms with Crippen LogP contribution in [-0.2, 0) is 11.3 Å². The molecule has 1 aromatic carbocycles. The summed E-state index contributed by atoms with van der Waals surface area (Å²) in [5.41, 5.74) is 2.21. The van der Waals surface area contributed by atoms with Gasteiger partial charge in [-0.05, 0) is 23.6 Å². The second-order valence-corrected chi connectivity index (χ2v) is 5.60. The van der Waals surface area contributed by atoms with Gasteiger partial charge in [0.1, 0.15) is 0 Å². The number of benzene rings is 1. The first-order chi connectivity index (χ1) is 9.65. The first kappa shape index (κ1) is 13.1. The number of carboxylic acids is 1. The summed E-state index contributed by atoms with van der Waals surface area (Å²) in [5.74, 6) is -0.719. The van der Waals surface area contributed by atoms with Gasteiger partial charge in [-0.2, -0.15) is 0 Å². The fourth-order valence-electron chi connectivity index (χ4n) is 3.05. The first-order valence-electron chi connectivity index (χ1n) is 6.93. The number of pyridine rings is 1. The summed E-state index contributed by atoms with van der Waals surface area (Å²) in [5, 5.41) is 10.4. The zero-order valence-corrected chi connectivity index (χ0v) is 11.5. The number of nitrogens with zero attached hydrogens (tertiary/aromatic N) is 2. The van der Waals surface area contributed by atoms with E-state index in [1.165, 1.54) is 5.56 Å². The lowest BCUT2D eigenvalue weighted by molar-refractivity contribution is -0.142. The zero-order valence-electron chi connectivity index (χ0n) is 11.5. The van der Waals surface area contributed by atoms with Crippen LogP contribution in [0.2, 0.25) is 0 Å². The number of carboxylic acid groups (broad SMARTS) is 1.